The van der Waals surface area contributed by atoms with Crippen molar-refractivity contribution in [3.63, 3.8) is 0 Å². The third-order valence-corrected chi connectivity index (χ3v) is 2.50. The van der Waals surface area contributed by atoms with Crippen molar-refractivity contribution >= 4 is 5.91 Å². The van der Waals surface area contributed by atoms with E-state index < -0.39 is 0 Å². The topological polar surface area (TPSA) is 32.3 Å². The van der Waals surface area contributed by atoms with Gasteiger partial charge in [-0.15, -0.1) is 0 Å². The first kappa shape index (κ1) is 9.52. The molecular formula is C9H18N2O. The van der Waals surface area contributed by atoms with Gasteiger partial charge in [-0.3, -0.25) is 4.79 Å². The molecule has 1 aliphatic rings. The maximum Gasteiger partial charge on any atom is 0.226 e. The van der Waals surface area contributed by atoms with Crippen molar-refractivity contribution in [1.29, 1.82) is 0 Å². The Hall–Kier alpha value is -0.570. The molecule has 0 aromatic heterocycles. The van der Waals surface area contributed by atoms with E-state index in [0.717, 1.165) is 32.5 Å². The zero-order valence-electron chi connectivity index (χ0n) is 7.97. The van der Waals surface area contributed by atoms with Crippen molar-refractivity contribution in [3.8, 4) is 0 Å². The van der Waals surface area contributed by atoms with E-state index in [1.54, 1.807) is 4.90 Å². The van der Waals surface area contributed by atoms with E-state index in [-0.39, 0.29) is 5.92 Å². The number of carbonyl (C=O) groups excluding carboxylic acids is 1. The first-order chi connectivity index (χ1) is 5.75. The van der Waals surface area contributed by atoms with Crippen LogP contribution in [0.3, 0.4) is 0 Å². The van der Waals surface area contributed by atoms with Crippen LogP contribution in [0.25, 0.3) is 0 Å². The van der Waals surface area contributed by atoms with E-state index in [9.17, 15) is 4.79 Å². The third-order valence-electron chi connectivity index (χ3n) is 2.50. The first-order valence-electron chi connectivity index (χ1n) is 4.71. The maximum atomic E-state index is 11.6. The quantitative estimate of drug-likeness (QED) is 0.653. The molecule has 1 fully saturated rings. The molecule has 0 radical (unpaired) electrons. The van der Waals surface area contributed by atoms with Gasteiger partial charge >= 0.3 is 0 Å². The molecule has 3 heteroatoms. The van der Waals surface area contributed by atoms with E-state index in [0.29, 0.717) is 5.91 Å². The molecule has 0 unspecified atom stereocenters. The average molecular weight is 170 g/mol. The molecule has 0 aliphatic carbocycles. The van der Waals surface area contributed by atoms with Gasteiger partial charge in [-0.1, -0.05) is 0 Å². The summed E-state index contributed by atoms with van der Waals surface area (Å²) in [7, 11) is 1.87. The number of nitrogens with zero attached hydrogens (tertiary/aromatic N) is 1. The zero-order valence-corrected chi connectivity index (χ0v) is 7.97. The van der Waals surface area contributed by atoms with E-state index in [1.807, 2.05) is 14.0 Å². The Kier molecular flexibility index (Phi) is 3.53. The third kappa shape index (κ3) is 2.21. The fourth-order valence-corrected chi connectivity index (χ4v) is 1.53. The molecule has 1 N–H and O–H groups in total. The Bertz CT molecular complexity index is 153. The first-order valence-corrected chi connectivity index (χ1v) is 4.71. The summed E-state index contributed by atoms with van der Waals surface area (Å²) in [5.41, 5.74) is 0. The molecule has 0 bridgehead atoms. The molecule has 70 valence electrons. The lowest BCUT2D eigenvalue weighted by atomic mass is 9.98. The second-order valence-electron chi connectivity index (χ2n) is 3.40. The van der Waals surface area contributed by atoms with Gasteiger partial charge in [-0.2, -0.15) is 0 Å². The summed E-state index contributed by atoms with van der Waals surface area (Å²) < 4.78 is 0. The fraction of sp³-hybridized carbons (Fsp3) is 0.889. The Morgan fingerprint density at radius 3 is 2.92 bits per heavy atom. The van der Waals surface area contributed by atoms with Gasteiger partial charge in [0.15, 0.2) is 0 Å². The molecule has 0 aromatic carbocycles. The van der Waals surface area contributed by atoms with Gasteiger partial charge in [0, 0.05) is 20.1 Å². The highest BCUT2D eigenvalue weighted by Gasteiger charge is 2.22. The smallest absolute Gasteiger partial charge is 0.226 e. The van der Waals surface area contributed by atoms with Crippen molar-refractivity contribution in [2.24, 2.45) is 5.92 Å². The number of rotatable bonds is 2. The van der Waals surface area contributed by atoms with E-state index in [2.05, 4.69) is 5.32 Å². The van der Waals surface area contributed by atoms with Gasteiger partial charge in [0.2, 0.25) is 5.91 Å². The van der Waals surface area contributed by atoms with Crippen molar-refractivity contribution in [1.82, 2.24) is 10.2 Å². The van der Waals surface area contributed by atoms with Gasteiger partial charge < -0.3 is 10.2 Å². The van der Waals surface area contributed by atoms with E-state index >= 15 is 0 Å². The summed E-state index contributed by atoms with van der Waals surface area (Å²) >= 11 is 0. The van der Waals surface area contributed by atoms with Crippen LogP contribution in [0, 0.1) is 5.92 Å². The molecule has 3 nitrogen and oxygen atoms in total. The summed E-state index contributed by atoms with van der Waals surface area (Å²) in [5.74, 6) is 0.522. The van der Waals surface area contributed by atoms with Crippen molar-refractivity contribution in [2.75, 3.05) is 26.7 Å². The Morgan fingerprint density at radius 2 is 2.42 bits per heavy atom. The van der Waals surface area contributed by atoms with Crippen molar-refractivity contribution in [2.45, 2.75) is 19.8 Å². The van der Waals surface area contributed by atoms with Crippen LogP contribution in [-0.2, 0) is 4.79 Å². The molecule has 1 atom stereocenters. The van der Waals surface area contributed by atoms with Gasteiger partial charge in [-0.25, -0.2) is 0 Å². The highest BCUT2D eigenvalue weighted by atomic mass is 16.2. The maximum absolute atomic E-state index is 11.6. The zero-order chi connectivity index (χ0) is 8.97. The fourth-order valence-electron chi connectivity index (χ4n) is 1.53. The van der Waals surface area contributed by atoms with Crippen LogP contribution in [-0.4, -0.2) is 37.5 Å². The molecule has 12 heavy (non-hydrogen) atoms. The summed E-state index contributed by atoms with van der Waals surface area (Å²) in [6.07, 6.45) is 2.18. The monoisotopic (exact) mass is 170 g/mol. The van der Waals surface area contributed by atoms with E-state index in [1.165, 1.54) is 0 Å². The highest BCUT2D eigenvalue weighted by Crippen LogP contribution is 2.12. The van der Waals surface area contributed by atoms with Crippen LogP contribution in [0.15, 0.2) is 0 Å². The number of hydrogen-bond donors (Lipinski definition) is 1. The van der Waals surface area contributed by atoms with Crippen LogP contribution in [0.2, 0.25) is 0 Å². The standard InChI is InChI=1S/C9H18N2O/c1-3-11(2)9(12)8-5-4-6-10-7-8/h8,10H,3-7H2,1-2H3/t8-/m0/s1. The molecule has 1 aliphatic heterocycles. The normalized spacial score (nSPS) is 23.7. The van der Waals surface area contributed by atoms with Crippen LogP contribution >= 0.6 is 0 Å². The minimum Gasteiger partial charge on any atom is -0.346 e. The highest BCUT2D eigenvalue weighted by molar-refractivity contribution is 5.78. The van der Waals surface area contributed by atoms with Crippen molar-refractivity contribution < 1.29 is 4.79 Å². The number of nitrogens with one attached hydrogen (secondary N) is 1. The number of carbonyl (C=O) groups is 1. The van der Waals surface area contributed by atoms with Crippen LogP contribution < -0.4 is 5.32 Å². The average Bonchev–Trinajstić information content (AvgIpc) is 2.17. The van der Waals surface area contributed by atoms with Gasteiger partial charge in [0.05, 0.1) is 5.92 Å². The predicted octanol–water partition coefficient (Wildman–Crippen LogP) is 0.464. The second kappa shape index (κ2) is 4.45. The van der Waals surface area contributed by atoms with Gasteiger partial charge in [-0.05, 0) is 26.3 Å². The summed E-state index contributed by atoms with van der Waals surface area (Å²) in [6.45, 7) is 4.76. The minimum atomic E-state index is 0.226. The Balaban J connectivity index is 2.39. The molecular weight excluding hydrogens is 152 g/mol. The molecule has 0 spiro atoms. The largest absolute Gasteiger partial charge is 0.346 e. The van der Waals surface area contributed by atoms with Crippen LogP contribution in [0.4, 0.5) is 0 Å². The SMILES string of the molecule is CCN(C)C(=O)[C@H]1CCCNC1. The van der Waals surface area contributed by atoms with Gasteiger partial charge in [0.1, 0.15) is 0 Å². The lowest BCUT2D eigenvalue weighted by Crippen LogP contribution is -2.41. The summed E-state index contributed by atoms with van der Waals surface area (Å²) in [4.78, 5) is 13.4. The summed E-state index contributed by atoms with van der Waals surface area (Å²) in [6, 6.07) is 0. The Morgan fingerprint density at radius 1 is 1.67 bits per heavy atom. The minimum absolute atomic E-state index is 0.226. The molecule has 1 heterocycles. The van der Waals surface area contributed by atoms with Crippen LogP contribution in [0.5, 0.6) is 0 Å². The van der Waals surface area contributed by atoms with E-state index in [4.69, 9.17) is 0 Å². The summed E-state index contributed by atoms with van der Waals surface area (Å²) in [5, 5.41) is 3.25. The number of amides is 1. The lowest BCUT2D eigenvalue weighted by molar-refractivity contribution is -0.134. The number of hydrogen-bond acceptors (Lipinski definition) is 2. The van der Waals surface area contributed by atoms with Crippen molar-refractivity contribution in [3.05, 3.63) is 0 Å². The van der Waals surface area contributed by atoms with Crippen LogP contribution in [0.1, 0.15) is 19.8 Å². The predicted molar refractivity (Wildman–Crippen MR) is 48.9 cm³/mol. The molecule has 1 saturated heterocycles. The Labute approximate surface area is 74.1 Å². The molecule has 0 aromatic rings. The number of piperidine rings is 1. The molecule has 0 saturated carbocycles. The molecule has 1 amide bonds. The molecule has 1 rings (SSSR count). The van der Waals surface area contributed by atoms with Gasteiger partial charge in [0.25, 0.3) is 0 Å². The second-order valence-corrected chi connectivity index (χ2v) is 3.40. The lowest BCUT2D eigenvalue weighted by Gasteiger charge is -2.26.